The minimum Gasteiger partial charge on any atom is -0.291 e. The minimum absolute atomic E-state index is 0.454. The van der Waals surface area contributed by atoms with E-state index in [9.17, 15) is 0 Å². The van der Waals surface area contributed by atoms with E-state index in [1.54, 1.807) is 6.20 Å². The van der Waals surface area contributed by atoms with E-state index in [4.69, 9.17) is 0 Å². The summed E-state index contributed by atoms with van der Waals surface area (Å²) in [5.41, 5.74) is 0. The molecule has 8 nitrogen and oxygen atoms in total. The van der Waals surface area contributed by atoms with Crippen LogP contribution in [0.3, 0.4) is 0 Å². The second-order valence-electron chi connectivity index (χ2n) is 1.71. The Bertz CT molecular complexity index is 312. The van der Waals surface area contributed by atoms with Gasteiger partial charge in [-0.2, -0.15) is 0 Å². The fourth-order valence-corrected chi connectivity index (χ4v) is 0.616. The molecule has 57 valence electrons. The van der Waals surface area contributed by atoms with Crippen molar-refractivity contribution in [2.24, 2.45) is 0 Å². The molecule has 2 heterocycles. The Labute approximate surface area is 60.3 Å². The molecular weight excluding hydrogens is 148 g/mol. The lowest BCUT2D eigenvalue weighted by Crippen LogP contribution is -2.05. The summed E-state index contributed by atoms with van der Waals surface area (Å²) in [5.74, 6) is 0.454. The molecule has 0 aromatic carbocycles. The van der Waals surface area contributed by atoms with Crippen LogP contribution in [0.1, 0.15) is 0 Å². The van der Waals surface area contributed by atoms with E-state index >= 15 is 0 Å². The lowest BCUT2D eigenvalue weighted by molar-refractivity contribution is 0.648. The first-order chi connectivity index (χ1) is 5.47. The number of aromatic nitrogens is 8. The molecule has 0 spiro atoms. The van der Waals surface area contributed by atoms with Crippen LogP contribution in [0.15, 0.2) is 6.20 Å². The van der Waals surface area contributed by atoms with Gasteiger partial charge in [-0.1, -0.05) is 5.10 Å². The van der Waals surface area contributed by atoms with E-state index in [0.29, 0.717) is 5.95 Å². The summed E-state index contributed by atoms with van der Waals surface area (Å²) >= 11 is 0. The van der Waals surface area contributed by atoms with E-state index in [1.165, 1.54) is 4.68 Å². The van der Waals surface area contributed by atoms with Crippen LogP contribution in [0.25, 0.3) is 5.95 Å². The van der Waals surface area contributed by atoms with Crippen LogP contribution < -0.4 is 0 Å². The Hall–Kier alpha value is -1.99. The SMILES string of the molecule is [c]1c[nH][nH][nH]n1-c1nnn[nH]1. The van der Waals surface area contributed by atoms with Crippen LogP contribution in [0, 0.1) is 6.20 Å². The van der Waals surface area contributed by atoms with E-state index in [1.807, 2.05) is 0 Å². The Morgan fingerprint density at radius 2 is 2.55 bits per heavy atom. The van der Waals surface area contributed by atoms with Gasteiger partial charge >= 0.3 is 0 Å². The summed E-state index contributed by atoms with van der Waals surface area (Å²) in [7, 11) is 0. The molecule has 4 N–H and O–H groups in total. The maximum absolute atomic E-state index is 3.64. The van der Waals surface area contributed by atoms with Gasteiger partial charge in [0.25, 0.3) is 5.95 Å². The lowest BCUT2D eigenvalue weighted by Gasteiger charge is -1.97. The molecule has 8 heteroatoms. The highest BCUT2D eigenvalue weighted by Crippen LogP contribution is 1.86. The van der Waals surface area contributed by atoms with E-state index in [2.05, 4.69) is 42.3 Å². The molecule has 1 radical (unpaired) electrons. The Morgan fingerprint density at radius 1 is 1.55 bits per heavy atom. The van der Waals surface area contributed by atoms with E-state index < -0.39 is 0 Å². The monoisotopic (exact) mass is 153 g/mol. The van der Waals surface area contributed by atoms with Gasteiger partial charge < -0.3 is 0 Å². The van der Waals surface area contributed by atoms with Gasteiger partial charge in [-0.25, -0.2) is 20.2 Å². The topological polar surface area (TPSA) is 107 Å². The van der Waals surface area contributed by atoms with Crippen LogP contribution in [0.5, 0.6) is 0 Å². The lowest BCUT2D eigenvalue weighted by atomic mass is 10.8. The highest BCUT2D eigenvalue weighted by molar-refractivity contribution is 4.97. The fraction of sp³-hybridized carbons (Fsp3) is 0. The molecule has 0 aliphatic rings. The molecule has 2 rings (SSSR count). The minimum atomic E-state index is 0.454. The van der Waals surface area contributed by atoms with Crippen molar-refractivity contribution in [3.63, 3.8) is 0 Å². The standard InChI is InChI=1S/C3H5N8/c1-2-11(10-7-4-1)3-5-8-9-6-3/h1,4,7,10H,(H,5,6,8,9). The number of tetrazole rings is 1. The first kappa shape index (κ1) is 5.77. The first-order valence-electron chi connectivity index (χ1n) is 2.85. The third kappa shape index (κ3) is 1.000. The maximum Gasteiger partial charge on any atom is 0.267 e. The van der Waals surface area contributed by atoms with Gasteiger partial charge in [0.15, 0.2) is 0 Å². The number of aromatic amines is 4. The van der Waals surface area contributed by atoms with Gasteiger partial charge in [-0.05, 0) is 10.4 Å². The normalized spacial score (nSPS) is 9.82. The van der Waals surface area contributed by atoms with Crippen LogP contribution >= 0.6 is 0 Å². The highest BCUT2D eigenvalue weighted by Gasteiger charge is 1.95. The molecule has 0 saturated carbocycles. The molecule has 2 aromatic heterocycles. The van der Waals surface area contributed by atoms with Gasteiger partial charge in [0.05, 0.1) is 0 Å². The van der Waals surface area contributed by atoms with Crippen molar-refractivity contribution in [3.8, 4) is 5.95 Å². The summed E-state index contributed by atoms with van der Waals surface area (Å²) in [5, 5.41) is 20.9. The molecule has 11 heavy (non-hydrogen) atoms. The van der Waals surface area contributed by atoms with Crippen LogP contribution in [-0.4, -0.2) is 40.8 Å². The molecule has 2 aromatic rings. The molecule has 0 bridgehead atoms. The van der Waals surface area contributed by atoms with Crippen LogP contribution in [-0.2, 0) is 0 Å². The molecule has 0 aliphatic heterocycles. The zero-order valence-corrected chi connectivity index (χ0v) is 5.37. The van der Waals surface area contributed by atoms with Crippen LogP contribution in [0.4, 0.5) is 0 Å². The van der Waals surface area contributed by atoms with Gasteiger partial charge in [0, 0.05) is 6.20 Å². The summed E-state index contributed by atoms with van der Waals surface area (Å²) in [6.07, 6.45) is 4.34. The first-order valence-corrected chi connectivity index (χ1v) is 2.85. The summed E-state index contributed by atoms with van der Waals surface area (Å²) in [4.78, 5) is 0. The molecule has 0 saturated heterocycles. The molecule has 0 fully saturated rings. The van der Waals surface area contributed by atoms with Gasteiger partial charge in [0.2, 0.25) is 0 Å². The van der Waals surface area contributed by atoms with Crippen molar-refractivity contribution in [1.29, 1.82) is 0 Å². The highest BCUT2D eigenvalue weighted by atomic mass is 15.6. The third-order valence-electron chi connectivity index (χ3n) is 1.05. The molecule has 0 amide bonds. The van der Waals surface area contributed by atoms with Crippen molar-refractivity contribution >= 4 is 0 Å². The van der Waals surface area contributed by atoms with Gasteiger partial charge in [-0.3, -0.25) is 5.10 Å². The Balaban J connectivity index is 2.46. The maximum atomic E-state index is 3.64. The predicted molar refractivity (Wildman–Crippen MR) is 33.0 cm³/mol. The average Bonchev–Trinajstić information content (AvgIpc) is 2.58. The molecule has 0 unspecified atom stereocenters. The average molecular weight is 153 g/mol. The molecular formula is C3H5N8. The Kier molecular flexibility index (Phi) is 1.22. The van der Waals surface area contributed by atoms with Crippen molar-refractivity contribution in [2.45, 2.75) is 0 Å². The fourth-order valence-electron chi connectivity index (χ4n) is 0.616. The zero-order chi connectivity index (χ0) is 7.52. The summed E-state index contributed by atoms with van der Waals surface area (Å²) < 4.78 is 1.45. The predicted octanol–water partition coefficient (Wildman–Crippen LogP) is -1.10. The Morgan fingerprint density at radius 3 is 3.18 bits per heavy atom. The smallest absolute Gasteiger partial charge is 0.267 e. The molecule has 0 atom stereocenters. The number of H-pyrrole nitrogens is 4. The number of nitrogens with zero attached hydrogens (tertiary/aromatic N) is 4. The molecule has 0 aliphatic carbocycles. The quantitative estimate of drug-likeness (QED) is 0.417. The zero-order valence-electron chi connectivity index (χ0n) is 5.37. The number of hydrogen-bond donors (Lipinski definition) is 4. The number of hydrogen-bond acceptors (Lipinski definition) is 3. The van der Waals surface area contributed by atoms with Crippen molar-refractivity contribution in [3.05, 3.63) is 12.4 Å². The second kappa shape index (κ2) is 2.33. The van der Waals surface area contributed by atoms with Crippen molar-refractivity contribution in [2.75, 3.05) is 0 Å². The van der Waals surface area contributed by atoms with Crippen molar-refractivity contribution < 1.29 is 0 Å². The van der Waals surface area contributed by atoms with E-state index in [-0.39, 0.29) is 0 Å². The van der Waals surface area contributed by atoms with Gasteiger partial charge in [-0.15, -0.1) is 0 Å². The number of rotatable bonds is 1. The summed E-state index contributed by atoms with van der Waals surface area (Å²) in [6.45, 7) is 0. The number of nitrogens with one attached hydrogen (secondary N) is 4. The van der Waals surface area contributed by atoms with Crippen molar-refractivity contribution in [1.82, 2.24) is 40.8 Å². The third-order valence-corrected chi connectivity index (χ3v) is 1.05. The van der Waals surface area contributed by atoms with E-state index in [0.717, 1.165) is 0 Å². The van der Waals surface area contributed by atoms with Crippen LogP contribution in [0.2, 0.25) is 0 Å². The second-order valence-corrected chi connectivity index (χ2v) is 1.71. The summed E-state index contributed by atoms with van der Waals surface area (Å²) in [6, 6.07) is 0. The van der Waals surface area contributed by atoms with Gasteiger partial charge in [0.1, 0.15) is 6.20 Å². The largest absolute Gasteiger partial charge is 0.291 e.